The number of benzene rings is 5. The average Bonchev–Trinajstić information content (AvgIpc) is 3.53. The number of fused-ring (bicyclic) bond motifs is 3. The van der Waals surface area contributed by atoms with Gasteiger partial charge in [-0.25, -0.2) is 19.9 Å². The van der Waals surface area contributed by atoms with Gasteiger partial charge in [-0.05, 0) is 71.2 Å². The SMILES string of the molecule is CC1(C)c2ccccc2-c2c(-c3nc(-c4ccccc4)c(-c4cccc(-c5nc(C6=CCCC=C6)cc(C6=CC=CCC6)n5)c4)nc3-c3ccccc3)cccc21. The van der Waals surface area contributed by atoms with Gasteiger partial charge < -0.3 is 0 Å². The van der Waals surface area contributed by atoms with Crippen LogP contribution in [0.25, 0.3) is 78.7 Å². The first kappa shape index (κ1) is 34.7. The van der Waals surface area contributed by atoms with E-state index in [-0.39, 0.29) is 5.41 Å². The minimum Gasteiger partial charge on any atom is -0.243 e. The van der Waals surface area contributed by atoms with Gasteiger partial charge in [0.05, 0.1) is 34.2 Å². The van der Waals surface area contributed by atoms with Crippen molar-refractivity contribution in [3.63, 3.8) is 0 Å². The molecule has 4 nitrogen and oxygen atoms in total. The summed E-state index contributed by atoms with van der Waals surface area (Å²) in [6, 6.07) is 47.1. The number of allylic oxidation sites excluding steroid dienone is 8. The fourth-order valence-electron chi connectivity index (χ4n) is 8.68. The van der Waals surface area contributed by atoms with Crippen LogP contribution in [0.15, 0.2) is 170 Å². The Kier molecular flexibility index (Phi) is 8.75. The summed E-state index contributed by atoms with van der Waals surface area (Å²) in [4.78, 5) is 21.8. The van der Waals surface area contributed by atoms with Crippen LogP contribution < -0.4 is 0 Å². The highest BCUT2D eigenvalue weighted by Crippen LogP contribution is 2.53. The van der Waals surface area contributed by atoms with Gasteiger partial charge in [0.15, 0.2) is 5.82 Å². The number of nitrogens with zero attached hydrogens (tertiary/aromatic N) is 4. The normalized spacial score (nSPS) is 15.1. The molecule has 2 heterocycles. The van der Waals surface area contributed by atoms with Crippen molar-refractivity contribution in [2.24, 2.45) is 0 Å². The lowest BCUT2D eigenvalue weighted by Gasteiger charge is -2.22. The Balaban J connectivity index is 1.20. The van der Waals surface area contributed by atoms with Gasteiger partial charge in [0, 0.05) is 33.2 Å². The van der Waals surface area contributed by atoms with Crippen molar-refractivity contribution in [1.82, 2.24) is 19.9 Å². The largest absolute Gasteiger partial charge is 0.243 e. The Morgan fingerprint density at radius 2 is 1.12 bits per heavy atom. The van der Waals surface area contributed by atoms with Crippen LogP contribution in [0.3, 0.4) is 0 Å². The number of aromatic nitrogens is 4. The second kappa shape index (κ2) is 14.4. The molecule has 3 aliphatic rings. The van der Waals surface area contributed by atoms with Crippen LogP contribution in [0, 0.1) is 0 Å². The van der Waals surface area contributed by atoms with Crippen LogP contribution in [0.5, 0.6) is 0 Å². The van der Waals surface area contributed by atoms with Crippen LogP contribution in [-0.2, 0) is 5.41 Å². The van der Waals surface area contributed by atoms with Crippen molar-refractivity contribution in [3.8, 4) is 67.5 Å². The quantitative estimate of drug-likeness (QED) is 0.164. The zero-order valence-corrected chi connectivity index (χ0v) is 32.3. The molecule has 5 aromatic carbocycles. The van der Waals surface area contributed by atoms with Gasteiger partial charge in [-0.3, -0.25) is 0 Å². The van der Waals surface area contributed by atoms with Crippen LogP contribution >= 0.6 is 0 Å². The van der Waals surface area contributed by atoms with Gasteiger partial charge in [0.2, 0.25) is 0 Å². The standard InChI is InChI=1S/C53H42N4/c1-53(2)43-31-16-15-29-41(43)47-42(30-18-32-44(47)53)51-49(38-25-13-6-14-26-38)56-50(48(57-51)37-23-11-5-12-24-37)39-27-17-28-40(33-39)52-54-45(35-19-7-3-8-20-35)34-46(55-52)36-21-9-4-10-22-36/h3,5-7,9,11-19,21-34H,4,8,10,20H2,1-2H3. The lowest BCUT2D eigenvalue weighted by molar-refractivity contribution is 0.660. The fourth-order valence-corrected chi connectivity index (χ4v) is 8.68. The molecular weight excluding hydrogens is 693 g/mol. The molecule has 0 bridgehead atoms. The molecule has 0 fully saturated rings. The van der Waals surface area contributed by atoms with Gasteiger partial charge in [-0.1, -0.05) is 172 Å². The molecular formula is C53H42N4. The highest BCUT2D eigenvalue weighted by atomic mass is 14.9. The average molecular weight is 735 g/mol. The van der Waals surface area contributed by atoms with Crippen molar-refractivity contribution >= 4 is 11.1 Å². The molecule has 0 spiro atoms. The summed E-state index contributed by atoms with van der Waals surface area (Å²) in [5, 5.41) is 0. The lowest BCUT2D eigenvalue weighted by atomic mass is 9.82. The van der Waals surface area contributed by atoms with Crippen LogP contribution in [0.1, 0.15) is 62.0 Å². The molecule has 57 heavy (non-hydrogen) atoms. The third kappa shape index (κ3) is 6.28. The maximum Gasteiger partial charge on any atom is 0.160 e. The summed E-state index contributed by atoms with van der Waals surface area (Å²) < 4.78 is 0. The number of hydrogen-bond acceptors (Lipinski definition) is 4. The molecule has 0 N–H and O–H groups in total. The monoisotopic (exact) mass is 734 g/mol. The molecule has 0 unspecified atom stereocenters. The molecule has 0 radical (unpaired) electrons. The first-order chi connectivity index (χ1) is 28.0. The van der Waals surface area contributed by atoms with Crippen LogP contribution in [-0.4, -0.2) is 19.9 Å². The van der Waals surface area contributed by atoms with E-state index >= 15 is 0 Å². The van der Waals surface area contributed by atoms with Crippen LogP contribution in [0.2, 0.25) is 0 Å². The van der Waals surface area contributed by atoms with E-state index < -0.39 is 0 Å². The molecule has 274 valence electrons. The first-order valence-electron chi connectivity index (χ1n) is 20.0. The fraction of sp³-hybridized carbons (Fsp3) is 0.132. The van der Waals surface area contributed by atoms with Gasteiger partial charge in [-0.2, -0.15) is 0 Å². The van der Waals surface area contributed by atoms with Gasteiger partial charge in [-0.15, -0.1) is 0 Å². The van der Waals surface area contributed by atoms with Gasteiger partial charge >= 0.3 is 0 Å². The summed E-state index contributed by atoms with van der Waals surface area (Å²) in [6.45, 7) is 4.65. The second-order valence-corrected chi connectivity index (χ2v) is 15.6. The summed E-state index contributed by atoms with van der Waals surface area (Å²) in [6.07, 6.45) is 17.3. The summed E-state index contributed by atoms with van der Waals surface area (Å²) in [5.41, 5.74) is 17.7. The van der Waals surface area contributed by atoms with Crippen molar-refractivity contribution in [2.45, 2.75) is 44.9 Å². The lowest BCUT2D eigenvalue weighted by Crippen LogP contribution is -2.14. The van der Waals surface area contributed by atoms with Gasteiger partial charge in [0.25, 0.3) is 0 Å². The van der Waals surface area contributed by atoms with Crippen molar-refractivity contribution in [1.29, 1.82) is 0 Å². The Morgan fingerprint density at radius 1 is 0.491 bits per heavy atom. The minimum absolute atomic E-state index is 0.141. The topological polar surface area (TPSA) is 51.6 Å². The second-order valence-electron chi connectivity index (χ2n) is 15.6. The number of rotatable bonds is 7. The summed E-state index contributed by atoms with van der Waals surface area (Å²) >= 11 is 0. The molecule has 0 aliphatic heterocycles. The highest BCUT2D eigenvalue weighted by Gasteiger charge is 2.37. The zero-order valence-electron chi connectivity index (χ0n) is 32.3. The van der Waals surface area contributed by atoms with Gasteiger partial charge in [0.1, 0.15) is 0 Å². The molecule has 0 amide bonds. The Morgan fingerprint density at radius 3 is 1.88 bits per heavy atom. The summed E-state index contributed by atoms with van der Waals surface area (Å²) in [7, 11) is 0. The molecule has 2 aromatic heterocycles. The smallest absolute Gasteiger partial charge is 0.160 e. The van der Waals surface area contributed by atoms with E-state index in [2.05, 4.69) is 184 Å². The Hall–Kier alpha value is -6.78. The third-order valence-electron chi connectivity index (χ3n) is 11.6. The zero-order chi connectivity index (χ0) is 38.3. The van der Waals surface area contributed by atoms with E-state index in [1.807, 2.05) is 0 Å². The maximum atomic E-state index is 5.69. The van der Waals surface area contributed by atoms with E-state index in [9.17, 15) is 0 Å². The Bertz CT molecular complexity index is 2810. The molecule has 10 rings (SSSR count). The maximum absolute atomic E-state index is 5.69. The number of hydrogen-bond donors (Lipinski definition) is 0. The molecule has 0 saturated carbocycles. The van der Waals surface area contributed by atoms with Crippen molar-refractivity contribution in [3.05, 3.63) is 192 Å². The van der Waals surface area contributed by atoms with E-state index in [4.69, 9.17) is 19.9 Å². The van der Waals surface area contributed by atoms with E-state index in [1.165, 1.54) is 27.8 Å². The van der Waals surface area contributed by atoms with E-state index in [0.29, 0.717) is 5.82 Å². The molecule has 4 heteroatoms. The first-order valence-corrected chi connectivity index (χ1v) is 20.0. The molecule has 0 saturated heterocycles. The minimum atomic E-state index is -0.141. The Labute approximate surface area is 334 Å². The van der Waals surface area contributed by atoms with Crippen molar-refractivity contribution in [2.75, 3.05) is 0 Å². The van der Waals surface area contributed by atoms with Crippen LogP contribution in [0.4, 0.5) is 0 Å². The van der Waals surface area contributed by atoms with E-state index in [1.54, 1.807) is 0 Å². The van der Waals surface area contributed by atoms with Crippen molar-refractivity contribution < 1.29 is 0 Å². The highest BCUT2D eigenvalue weighted by molar-refractivity contribution is 5.96. The predicted octanol–water partition coefficient (Wildman–Crippen LogP) is 13.4. The predicted molar refractivity (Wildman–Crippen MR) is 235 cm³/mol. The molecule has 3 aliphatic carbocycles. The third-order valence-corrected chi connectivity index (χ3v) is 11.6. The molecule has 0 atom stereocenters. The van der Waals surface area contributed by atoms with E-state index in [0.717, 1.165) is 93.2 Å². The summed E-state index contributed by atoms with van der Waals surface area (Å²) in [5.74, 6) is 0.704. The molecule has 7 aromatic rings.